The van der Waals surface area contributed by atoms with E-state index in [0.29, 0.717) is 13.0 Å². The Morgan fingerprint density at radius 1 is 1.31 bits per heavy atom. The summed E-state index contributed by atoms with van der Waals surface area (Å²) in [4.78, 5) is 24.6. The predicted octanol–water partition coefficient (Wildman–Crippen LogP) is -3.10. The molecule has 0 saturated carbocycles. The van der Waals surface area contributed by atoms with Crippen molar-refractivity contribution < 1.29 is 39.9 Å². The second-order valence-corrected chi connectivity index (χ2v) is 8.22. The number of carbonyl (C=O) groups is 2. The van der Waals surface area contributed by atoms with Crippen LogP contribution in [0.2, 0.25) is 0 Å². The lowest BCUT2D eigenvalue weighted by atomic mass is 9.88. The summed E-state index contributed by atoms with van der Waals surface area (Å²) in [6, 6.07) is -1.37. The number of alkyl halides is 2. The van der Waals surface area contributed by atoms with Crippen LogP contribution in [0.1, 0.15) is 12.8 Å². The van der Waals surface area contributed by atoms with Crippen LogP contribution in [0.25, 0.3) is 0 Å². The molecule has 0 spiro atoms. The van der Waals surface area contributed by atoms with Gasteiger partial charge >= 0.3 is 0 Å². The molecule has 170 valence electrons. The molecule has 1 aliphatic heterocycles. The van der Waals surface area contributed by atoms with Crippen molar-refractivity contribution in [2.75, 3.05) is 33.8 Å². The molecule has 0 bridgehead atoms. The first kappa shape index (κ1) is 26.3. The molecule has 1 aliphatic rings. The van der Waals surface area contributed by atoms with E-state index in [1.807, 2.05) is 19.0 Å². The van der Waals surface area contributed by atoms with Gasteiger partial charge in [-0.3, -0.25) is 9.59 Å². The van der Waals surface area contributed by atoms with Crippen molar-refractivity contribution in [3.8, 4) is 0 Å². The maximum Gasteiger partial charge on any atom is 0.280 e. The standard InChI is InChI=1S/C16H29Cl2N3O8/c1-21(2)5-3-4-19-15(27)16(28)6-8(23)10(20-14(26)13(17)18)12(29-16)11(25)9(24)7-22/h8-13,22-25,28H,3-7H2,1-2H3,(H,19,27)(H,20,26)/t8-,9+,10+,11+,12+,16?/m0/s1. The number of rotatable bonds is 10. The van der Waals surface area contributed by atoms with Gasteiger partial charge in [0.25, 0.3) is 11.8 Å². The fourth-order valence-corrected chi connectivity index (χ4v) is 3.00. The first-order valence-corrected chi connectivity index (χ1v) is 9.87. The van der Waals surface area contributed by atoms with E-state index in [-0.39, 0.29) is 6.54 Å². The minimum Gasteiger partial charge on any atom is -0.394 e. The summed E-state index contributed by atoms with van der Waals surface area (Å²) in [5, 5.41) is 54.8. The monoisotopic (exact) mass is 461 g/mol. The Bertz CT molecular complexity index is 556. The van der Waals surface area contributed by atoms with Crippen molar-refractivity contribution in [2.24, 2.45) is 0 Å². The highest BCUT2D eigenvalue weighted by Crippen LogP contribution is 2.30. The highest BCUT2D eigenvalue weighted by Gasteiger charge is 2.53. The van der Waals surface area contributed by atoms with Crippen molar-refractivity contribution in [2.45, 2.75) is 53.9 Å². The normalized spacial score (nSPS) is 29.6. The van der Waals surface area contributed by atoms with E-state index in [9.17, 15) is 30.0 Å². The number of halogens is 2. The van der Waals surface area contributed by atoms with Crippen LogP contribution in [0.5, 0.6) is 0 Å². The first-order valence-electron chi connectivity index (χ1n) is 8.99. The van der Waals surface area contributed by atoms with Gasteiger partial charge in [0.05, 0.1) is 18.8 Å². The molecule has 13 heteroatoms. The van der Waals surface area contributed by atoms with Crippen LogP contribution in [-0.2, 0) is 14.3 Å². The van der Waals surface area contributed by atoms with Crippen molar-refractivity contribution in [1.82, 2.24) is 15.5 Å². The molecule has 29 heavy (non-hydrogen) atoms. The second kappa shape index (κ2) is 11.6. The van der Waals surface area contributed by atoms with Crippen LogP contribution in [0, 0.1) is 0 Å². The third kappa shape index (κ3) is 7.46. The van der Waals surface area contributed by atoms with Crippen molar-refractivity contribution in [3.05, 3.63) is 0 Å². The fourth-order valence-electron chi connectivity index (χ4n) is 2.87. The molecule has 1 saturated heterocycles. The lowest BCUT2D eigenvalue weighted by Gasteiger charge is -2.45. The van der Waals surface area contributed by atoms with Crippen molar-refractivity contribution >= 4 is 35.0 Å². The van der Waals surface area contributed by atoms with E-state index < -0.39 is 65.9 Å². The van der Waals surface area contributed by atoms with E-state index >= 15 is 0 Å². The Labute approximate surface area is 178 Å². The molecule has 7 N–H and O–H groups in total. The Balaban J connectivity index is 2.97. The molecule has 1 heterocycles. The van der Waals surface area contributed by atoms with Crippen LogP contribution in [0.4, 0.5) is 0 Å². The lowest BCUT2D eigenvalue weighted by molar-refractivity contribution is -0.287. The number of ether oxygens (including phenoxy) is 1. The average molecular weight is 462 g/mol. The maximum atomic E-state index is 12.4. The third-order valence-corrected chi connectivity index (χ3v) is 4.83. The quantitative estimate of drug-likeness (QED) is 0.131. The van der Waals surface area contributed by atoms with Crippen molar-refractivity contribution in [1.29, 1.82) is 0 Å². The van der Waals surface area contributed by atoms with Gasteiger partial charge in [0.2, 0.25) is 5.79 Å². The van der Waals surface area contributed by atoms with Gasteiger partial charge in [-0.25, -0.2) is 0 Å². The largest absolute Gasteiger partial charge is 0.394 e. The van der Waals surface area contributed by atoms with Crippen molar-refractivity contribution in [3.63, 3.8) is 0 Å². The van der Waals surface area contributed by atoms with E-state index in [1.54, 1.807) is 0 Å². The van der Waals surface area contributed by atoms with E-state index in [2.05, 4.69) is 10.6 Å². The van der Waals surface area contributed by atoms with Gasteiger partial charge in [0.15, 0.2) is 4.84 Å². The molecule has 0 aromatic carbocycles. The zero-order valence-electron chi connectivity index (χ0n) is 16.2. The molecular weight excluding hydrogens is 433 g/mol. The Morgan fingerprint density at radius 3 is 2.45 bits per heavy atom. The number of nitrogens with zero attached hydrogens (tertiary/aromatic N) is 1. The number of hydrogen-bond acceptors (Lipinski definition) is 9. The minimum absolute atomic E-state index is 0.214. The maximum absolute atomic E-state index is 12.4. The highest BCUT2D eigenvalue weighted by molar-refractivity contribution is 6.53. The number of hydrogen-bond donors (Lipinski definition) is 7. The number of aliphatic hydroxyl groups excluding tert-OH is 4. The number of carbonyl (C=O) groups excluding carboxylic acids is 2. The first-order chi connectivity index (χ1) is 13.4. The van der Waals surface area contributed by atoms with Crippen LogP contribution in [0.15, 0.2) is 0 Å². The minimum atomic E-state index is -2.54. The Morgan fingerprint density at radius 2 is 1.93 bits per heavy atom. The Hall–Kier alpha value is -0.760. The lowest BCUT2D eigenvalue weighted by Crippen LogP contribution is -2.68. The third-order valence-electron chi connectivity index (χ3n) is 4.43. The number of amides is 2. The molecule has 0 aromatic rings. The van der Waals surface area contributed by atoms with Gasteiger partial charge < -0.3 is 45.8 Å². The molecule has 0 aliphatic carbocycles. The summed E-state index contributed by atoms with van der Waals surface area (Å²) in [5.74, 6) is -4.42. The van der Waals surface area contributed by atoms with E-state index in [0.717, 1.165) is 0 Å². The van der Waals surface area contributed by atoms with Gasteiger partial charge in [0, 0.05) is 13.0 Å². The van der Waals surface area contributed by atoms with Crippen LogP contribution in [0.3, 0.4) is 0 Å². The second-order valence-electron chi connectivity index (χ2n) is 7.13. The zero-order valence-corrected chi connectivity index (χ0v) is 17.7. The Kier molecular flexibility index (Phi) is 10.5. The molecule has 6 atom stereocenters. The van der Waals surface area contributed by atoms with E-state index in [4.69, 9.17) is 33.0 Å². The van der Waals surface area contributed by atoms with Gasteiger partial charge in [-0.05, 0) is 27.1 Å². The summed E-state index contributed by atoms with van der Waals surface area (Å²) in [5.41, 5.74) is 0. The smallest absolute Gasteiger partial charge is 0.280 e. The molecule has 11 nitrogen and oxygen atoms in total. The molecule has 0 radical (unpaired) electrons. The molecule has 1 unspecified atom stereocenters. The van der Waals surface area contributed by atoms with Crippen LogP contribution in [-0.4, -0.2) is 117 Å². The van der Waals surface area contributed by atoms with Crippen LogP contribution >= 0.6 is 23.2 Å². The summed E-state index contributed by atoms with van der Waals surface area (Å²) in [7, 11) is 3.71. The van der Waals surface area contributed by atoms with Gasteiger partial charge in [0.1, 0.15) is 18.3 Å². The van der Waals surface area contributed by atoms with Gasteiger partial charge in [-0.2, -0.15) is 0 Å². The van der Waals surface area contributed by atoms with E-state index in [1.165, 1.54) is 0 Å². The SMILES string of the molecule is CN(C)CCCNC(=O)C1(O)C[C@H](O)[C@@H](NC(=O)C(Cl)Cl)[C@H]([C@H](O)[C@H](O)CO)O1. The summed E-state index contributed by atoms with van der Waals surface area (Å²) in [6.07, 6.45) is -6.88. The number of nitrogens with one attached hydrogen (secondary N) is 2. The molecular formula is C16H29Cl2N3O8. The van der Waals surface area contributed by atoms with Gasteiger partial charge in [-0.15, -0.1) is 0 Å². The molecule has 1 rings (SSSR count). The molecule has 2 amide bonds. The molecule has 1 fully saturated rings. The average Bonchev–Trinajstić information content (AvgIpc) is 2.65. The topological polar surface area (TPSA) is 172 Å². The summed E-state index contributed by atoms with van der Waals surface area (Å²) in [6.45, 7) is 0.0184. The van der Waals surface area contributed by atoms with Gasteiger partial charge in [-0.1, -0.05) is 23.2 Å². The molecule has 0 aromatic heterocycles. The zero-order chi connectivity index (χ0) is 22.4. The fraction of sp³-hybridized carbons (Fsp3) is 0.875. The summed E-state index contributed by atoms with van der Waals surface area (Å²) < 4.78 is 5.31. The van der Waals surface area contributed by atoms with Crippen LogP contribution < -0.4 is 10.6 Å². The summed E-state index contributed by atoms with van der Waals surface area (Å²) >= 11 is 10.9. The number of aliphatic hydroxyl groups is 5. The highest BCUT2D eigenvalue weighted by atomic mass is 35.5. The predicted molar refractivity (Wildman–Crippen MR) is 103 cm³/mol.